The van der Waals surface area contributed by atoms with Crippen molar-refractivity contribution in [2.24, 2.45) is 0 Å². The van der Waals surface area contributed by atoms with Gasteiger partial charge < -0.3 is 25.3 Å². The number of ether oxygens (including phenoxy) is 1. The zero-order chi connectivity index (χ0) is 29.8. The van der Waals surface area contributed by atoms with Gasteiger partial charge in [-0.25, -0.2) is 18.6 Å². The van der Waals surface area contributed by atoms with E-state index in [1.807, 2.05) is 4.90 Å². The number of pyridine rings is 2. The van der Waals surface area contributed by atoms with E-state index >= 15 is 0 Å². The Morgan fingerprint density at radius 2 is 1.86 bits per heavy atom. The highest BCUT2D eigenvalue weighted by molar-refractivity contribution is 6.33. The molecular formula is C29H27ClF2N6O4. The summed E-state index contributed by atoms with van der Waals surface area (Å²) in [7, 11) is 0. The van der Waals surface area contributed by atoms with Crippen molar-refractivity contribution in [3.8, 4) is 11.1 Å². The normalized spacial score (nSPS) is 13.6. The lowest BCUT2D eigenvalue weighted by molar-refractivity contribution is -0.105. The van der Waals surface area contributed by atoms with Crippen LogP contribution in [0.3, 0.4) is 0 Å². The van der Waals surface area contributed by atoms with Gasteiger partial charge in [0.2, 0.25) is 6.41 Å². The zero-order valence-electron chi connectivity index (χ0n) is 22.5. The number of nitrogens with one attached hydrogen (secondary N) is 3. The van der Waals surface area contributed by atoms with E-state index in [0.717, 1.165) is 6.07 Å². The first kappa shape index (κ1) is 29.1. The van der Waals surface area contributed by atoms with Crippen LogP contribution in [0.25, 0.3) is 22.0 Å². The van der Waals surface area contributed by atoms with Gasteiger partial charge in [-0.05, 0) is 43.3 Å². The summed E-state index contributed by atoms with van der Waals surface area (Å²) >= 11 is 6.37. The Morgan fingerprint density at radius 3 is 2.60 bits per heavy atom. The van der Waals surface area contributed by atoms with Gasteiger partial charge in [0.1, 0.15) is 17.5 Å². The Balaban J connectivity index is 1.41. The third-order valence-electron chi connectivity index (χ3n) is 6.90. The maximum absolute atomic E-state index is 14.9. The molecule has 0 atom stereocenters. The number of aryl methyl sites for hydroxylation is 1. The molecule has 13 heteroatoms. The molecule has 42 heavy (non-hydrogen) atoms. The van der Waals surface area contributed by atoms with Crippen LogP contribution in [0.2, 0.25) is 5.02 Å². The smallest absolute Gasteiger partial charge is 0.323 e. The molecule has 10 nitrogen and oxygen atoms in total. The molecule has 2 aromatic heterocycles. The molecule has 0 aliphatic carbocycles. The number of urea groups is 1. The van der Waals surface area contributed by atoms with Crippen molar-refractivity contribution in [1.29, 1.82) is 0 Å². The Morgan fingerprint density at radius 1 is 1.07 bits per heavy atom. The number of rotatable bonds is 8. The fourth-order valence-corrected chi connectivity index (χ4v) is 5.08. The van der Waals surface area contributed by atoms with Crippen LogP contribution in [-0.4, -0.2) is 53.2 Å². The van der Waals surface area contributed by atoms with E-state index in [0.29, 0.717) is 68.0 Å². The summed E-state index contributed by atoms with van der Waals surface area (Å²) in [5.41, 5.74) is 1.01. The summed E-state index contributed by atoms with van der Waals surface area (Å²) in [6.45, 7) is 4.91. The van der Waals surface area contributed by atoms with Crippen molar-refractivity contribution in [2.75, 3.05) is 42.3 Å². The van der Waals surface area contributed by atoms with Gasteiger partial charge in [-0.1, -0.05) is 11.6 Å². The quantitative estimate of drug-likeness (QED) is 0.245. The average Bonchev–Trinajstić information content (AvgIpc) is 2.97. The SMILES string of the molecule is CCn1c(=O)c(-c2cc(NC(=O)Nc3ccc(F)c(CN4CCOCC4)c3)c(F)cc2Cl)cc2cnc(NC=O)cc21. The molecule has 1 aliphatic rings. The number of hydrogen-bond donors (Lipinski definition) is 3. The van der Waals surface area contributed by atoms with E-state index in [1.54, 1.807) is 19.1 Å². The highest BCUT2D eigenvalue weighted by Crippen LogP contribution is 2.33. The molecule has 1 saturated heterocycles. The Labute approximate surface area is 244 Å². The van der Waals surface area contributed by atoms with Crippen LogP contribution in [0.4, 0.5) is 30.8 Å². The number of aromatic nitrogens is 2. The van der Waals surface area contributed by atoms with Crippen LogP contribution < -0.4 is 21.5 Å². The molecule has 4 aromatic rings. The summed E-state index contributed by atoms with van der Waals surface area (Å²) in [6, 6.07) is 8.87. The maximum Gasteiger partial charge on any atom is 0.323 e. The first-order valence-electron chi connectivity index (χ1n) is 13.2. The van der Waals surface area contributed by atoms with Crippen molar-refractivity contribution >= 4 is 52.1 Å². The van der Waals surface area contributed by atoms with Crippen LogP contribution in [0, 0.1) is 11.6 Å². The van der Waals surface area contributed by atoms with Gasteiger partial charge in [0.15, 0.2) is 0 Å². The molecule has 0 saturated carbocycles. The zero-order valence-corrected chi connectivity index (χ0v) is 23.3. The van der Waals surface area contributed by atoms with Gasteiger partial charge in [-0.15, -0.1) is 0 Å². The molecule has 2 aromatic carbocycles. The molecule has 218 valence electrons. The Hall–Kier alpha value is -4.39. The molecule has 0 unspecified atom stereocenters. The Kier molecular flexibility index (Phi) is 8.76. The van der Waals surface area contributed by atoms with E-state index in [-0.39, 0.29) is 27.7 Å². The van der Waals surface area contributed by atoms with Gasteiger partial charge in [0.25, 0.3) is 5.56 Å². The fourth-order valence-electron chi connectivity index (χ4n) is 4.83. The second-order valence-corrected chi connectivity index (χ2v) is 9.99. The Bertz CT molecular complexity index is 1730. The molecule has 1 fully saturated rings. The van der Waals surface area contributed by atoms with Crippen molar-refractivity contribution < 1.29 is 23.1 Å². The number of halogens is 3. The third kappa shape index (κ3) is 6.25. The number of morpholine rings is 1. The first-order chi connectivity index (χ1) is 20.3. The summed E-state index contributed by atoms with van der Waals surface area (Å²) in [4.78, 5) is 43.3. The van der Waals surface area contributed by atoms with E-state index in [9.17, 15) is 23.2 Å². The van der Waals surface area contributed by atoms with Gasteiger partial charge in [-0.2, -0.15) is 0 Å². The van der Waals surface area contributed by atoms with Crippen molar-refractivity contribution in [3.63, 3.8) is 0 Å². The number of benzene rings is 2. The molecule has 1 aliphatic heterocycles. The van der Waals surface area contributed by atoms with E-state index in [2.05, 4.69) is 20.9 Å². The van der Waals surface area contributed by atoms with Gasteiger partial charge in [-0.3, -0.25) is 14.5 Å². The highest BCUT2D eigenvalue weighted by Gasteiger charge is 2.19. The molecular weight excluding hydrogens is 570 g/mol. The molecule has 0 radical (unpaired) electrons. The number of hydrogen-bond acceptors (Lipinski definition) is 6. The highest BCUT2D eigenvalue weighted by atomic mass is 35.5. The number of nitrogens with zero attached hydrogens (tertiary/aromatic N) is 3. The number of carbonyl (C=O) groups excluding carboxylic acids is 2. The maximum atomic E-state index is 14.9. The minimum absolute atomic E-state index is 0.0314. The number of fused-ring (bicyclic) bond motifs is 1. The van der Waals surface area contributed by atoms with Crippen LogP contribution in [0.1, 0.15) is 12.5 Å². The summed E-state index contributed by atoms with van der Waals surface area (Å²) in [5.74, 6) is -0.937. The van der Waals surface area contributed by atoms with Gasteiger partial charge in [0, 0.05) is 66.2 Å². The second kappa shape index (κ2) is 12.6. The van der Waals surface area contributed by atoms with Crippen LogP contribution >= 0.6 is 11.6 Å². The third-order valence-corrected chi connectivity index (χ3v) is 7.21. The molecule has 3 heterocycles. The van der Waals surface area contributed by atoms with Crippen LogP contribution in [0.15, 0.2) is 53.5 Å². The monoisotopic (exact) mass is 596 g/mol. The number of amides is 3. The predicted molar refractivity (Wildman–Crippen MR) is 157 cm³/mol. The molecule has 0 bridgehead atoms. The first-order valence-corrected chi connectivity index (χ1v) is 13.5. The van der Waals surface area contributed by atoms with Crippen molar-refractivity contribution in [2.45, 2.75) is 20.0 Å². The largest absolute Gasteiger partial charge is 0.379 e. The number of anilines is 3. The van der Waals surface area contributed by atoms with Crippen LogP contribution in [-0.2, 0) is 22.6 Å². The molecule has 3 N–H and O–H groups in total. The average molecular weight is 597 g/mol. The molecule has 3 amide bonds. The second-order valence-electron chi connectivity index (χ2n) is 9.58. The van der Waals surface area contributed by atoms with Crippen molar-refractivity contribution in [1.82, 2.24) is 14.5 Å². The van der Waals surface area contributed by atoms with E-state index in [1.165, 1.54) is 35.0 Å². The van der Waals surface area contributed by atoms with Crippen molar-refractivity contribution in [3.05, 3.63) is 81.2 Å². The number of carbonyl (C=O) groups is 2. The van der Waals surface area contributed by atoms with Gasteiger partial charge >= 0.3 is 6.03 Å². The molecule has 0 spiro atoms. The van der Waals surface area contributed by atoms with E-state index < -0.39 is 23.2 Å². The van der Waals surface area contributed by atoms with Gasteiger partial charge in [0.05, 0.1) is 29.4 Å². The lowest BCUT2D eigenvalue weighted by Crippen LogP contribution is -2.35. The topological polar surface area (TPSA) is 118 Å². The van der Waals surface area contributed by atoms with E-state index in [4.69, 9.17) is 16.3 Å². The summed E-state index contributed by atoms with van der Waals surface area (Å²) in [6.07, 6.45) is 1.98. The minimum atomic E-state index is -0.811. The predicted octanol–water partition coefficient (Wildman–Crippen LogP) is 5.06. The summed E-state index contributed by atoms with van der Waals surface area (Å²) < 4.78 is 36.2. The molecule has 5 rings (SSSR count). The lowest BCUT2D eigenvalue weighted by Gasteiger charge is -2.26. The standard InChI is InChI=1S/C29H27ClF2N6O4/c1-2-38-26-13-27(34-16-39)33-14-17(26)10-21(28(38)40)20-11-25(24(32)12-22(20)30)36-29(41)35-19-3-4-23(31)18(9-19)15-37-5-7-42-8-6-37/h3-4,9-14,16H,2,5-8,15H2,1H3,(H,33,34,39)(H2,35,36,41). The fraction of sp³-hybridized carbons (Fsp3) is 0.241. The lowest BCUT2D eigenvalue weighted by atomic mass is 10.0. The summed E-state index contributed by atoms with van der Waals surface area (Å²) in [5, 5.41) is 8.06. The van der Waals surface area contributed by atoms with Crippen LogP contribution in [0.5, 0.6) is 0 Å². The minimum Gasteiger partial charge on any atom is -0.379 e.